The van der Waals surface area contributed by atoms with Crippen molar-refractivity contribution < 1.29 is 57.5 Å². The summed E-state index contributed by atoms with van der Waals surface area (Å²) in [5.41, 5.74) is 1.52. The Morgan fingerprint density at radius 3 is 1.67 bits per heavy atom. The van der Waals surface area contributed by atoms with E-state index in [9.17, 15) is 19.6 Å². The third kappa shape index (κ3) is 10.4. The summed E-state index contributed by atoms with van der Waals surface area (Å²) in [7, 11) is -4.06. The Hall–Kier alpha value is -1.62. The van der Waals surface area contributed by atoms with Crippen molar-refractivity contribution >= 4 is 13.6 Å². The van der Waals surface area contributed by atoms with Crippen molar-refractivity contribution in [3.8, 4) is 0 Å². The zero-order chi connectivity index (χ0) is 22.4. The molecule has 0 radical (unpaired) electrons. The van der Waals surface area contributed by atoms with Crippen molar-refractivity contribution in [3.05, 3.63) is 71.8 Å². The van der Waals surface area contributed by atoms with Gasteiger partial charge in [0.2, 0.25) is 0 Å². The van der Waals surface area contributed by atoms with Crippen molar-refractivity contribution in [2.45, 2.75) is 32.3 Å². The number of aliphatic hydroxyl groups is 2. The standard InChI is InChI=1S/C19H23O7P.2O.Os/c1-15(20)19(22)18(21)14-26-27(23,24-12-16-8-4-2-5-9-16)25-13-17-10-6-3-7-11-17;;;/h2-11,18-19,21-22H,12-14H2,1H3;;;/t18-,19-;;;/m1.../s1. The SMILES string of the molecule is CC(=O)[C@@H](O)[C@H](O)COP(=O)(OCc1ccccc1)OCc1ccccc1.[O]=[Os]=[O]. The molecule has 0 saturated carbocycles. The van der Waals surface area contributed by atoms with Gasteiger partial charge in [0.15, 0.2) is 5.78 Å². The molecule has 0 bridgehead atoms. The number of rotatable bonds is 11. The van der Waals surface area contributed by atoms with E-state index in [1.807, 2.05) is 36.4 Å². The van der Waals surface area contributed by atoms with Crippen LogP contribution in [-0.2, 0) is 60.5 Å². The summed E-state index contributed by atoms with van der Waals surface area (Å²) in [6.07, 6.45) is -3.18. The van der Waals surface area contributed by atoms with E-state index < -0.39 is 49.7 Å². The fourth-order valence-electron chi connectivity index (χ4n) is 2.10. The van der Waals surface area contributed by atoms with E-state index in [1.165, 1.54) is 0 Å². The van der Waals surface area contributed by atoms with Crippen LogP contribution in [0.3, 0.4) is 0 Å². The molecule has 2 N–H and O–H groups in total. The maximum absolute atomic E-state index is 12.9. The minimum absolute atomic E-state index is 0.0295. The summed E-state index contributed by atoms with van der Waals surface area (Å²) in [5.74, 6) is -0.628. The number of ketones is 1. The predicted octanol–water partition coefficient (Wildman–Crippen LogP) is 2.62. The van der Waals surface area contributed by atoms with Gasteiger partial charge in [-0.1, -0.05) is 60.7 Å². The van der Waals surface area contributed by atoms with E-state index in [2.05, 4.69) is 0 Å². The first-order chi connectivity index (χ1) is 14.3. The third-order valence-corrected chi connectivity index (χ3v) is 5.00. The summed E-state index contributed by atoms with van der Waals surface area (Å²) >= 11 is -2.08. The Bertz CT molecular complexity index is 794. The number of hydrogen-bond donors (Lipinski definition) is 2. The molecule has 0 unspecified atom stereocenters. The van der Waals surface area contributed by atoms with Gasteiger partial charge in [0.25, 0.3) is 0 Å². The molecule has 0 fully saturated rings. The van der Waals surface area contributed by atoms with Crippen LogP contribution in [0.4, 0.5) is 0 Å². The molecule has 2 aromatic rings. The Kier molecular flexibility index (Phi) is 12.7. The summed E-state index contributed by atoms with van der Waals surface area (Å²) in [6, 6.07) is 18.1. The molecule has 2 atom stereocenters. The van der Waals surface area contributed by atoms with Gasteiger partial charge >= 0.3 is 32.2 Å². The first kappa shape index (κ1) is 26.4. The second-order valence-corrected chi connectivity index (χ2v) is 8.04. The van der Waals surface area contributed by atoms with Crippen LogP contribution in [0, 0.1) is 0 Å². The van der Waals surface area contributed by atoms with E-state index in [-0.39, 0.29) is 13.2 Å². The molecule has 0 heterocycles. The molecular formula is C19H23O9OsP. The summed E-state index contributed by atoms with van der Waals surface area (Å²) in [6.45, 7) is 0.489. The van der Waals surface area contributed by atoms with Gasteiger partial charge in [0.1, 0.15) is 12.2 Å². The fraction of sp³-hybridized carbons (Fsp3) is 0.316. The number of carbonyl (C=O) groups is 1. The van der Waals surface area contributed by atoms with Crippen LogP contribution >= 0.6 is 7.82 Å². The fourth-order valence-corrected chi connectivity index (χ4v) is 3.27. The van der Waals surface area contributed by atoms with Crippen molar-refractivity contribution in [2.75, 3.05) is 6.61 Å². The van der Waals surface area contributed by atoms with Gasteiger partial charge in [-0.2, -0.15) is 0 Å². The molecular weight excluding hydrogens is 593 g/mol. The third-order valence-electron chi connectivity index (χ3n) is 3.65. The molecule has 0 spiro atoms. The minimum atomic E-state index is -4.06. The molecule has 0 aliphatic rings. The zero-order valence-electron chi connectivity index (χ0n) is 16.1. The van der Waals surface area contributed by atoms with Crippen LogP contribution in [0.2, 0.25) is 0 Å². The normalized spacial score (nSPS) is 13.0. The van der Waals surface area contributed by atoms with Crippen LogP contribution in [-0.4, -0.2) is 34.8 Å². The maximum atomic E-state index is 12.9. The van der Waals surface area contributed by atoms with Crippen LogP contribution in [0.5, 0.6) is 0 Å². The van der Waals surface area contributed by atoms with Gasteiger partial charge in [-0.15, -0.1) is 0 Å². The first-order valence-corrected chi connectivity index (χ1v) is 12.2. The number of phosphoric acid groups is 1. The number of benzene rings is 2. The summed E-state index contributed by atoms with van der Waals surface area (Å²) in [5, 5.41) is 19.4. The average molecular weight is 617 g/mol. The molecule has 0 aliphatic carbocycles. The number of Topliss-reactive ketones (excluding diaryl/α,β-unsaturated/α-hetero) is 1. The first-order valence-electron chi connectivity index (χ1n) is 8.66. The number of carbonyl (C=O) groups excluding carboxylic acids is 1. The van der Waals surface area contributed by atoms with Crippen LogP contribution in [0.15, 0.2) is 60.7 Å². The van der Waals surface area contributed by atoms with Crippen LogP contribution in [0.1, 0.15) is 18.1 Å². The van der Waals surface area contributed by atoms with E-state index in [1.54, 1.807) is 24.3 Å². The molecule has 0 saturated heterocycles. The second kappa shape index (κ2) is 14.4. The van der Waals surface area contributed by atoms with E-state index >= 15 is 0 Å². The topological polar surface area (TPSA) is 136 Å². The van der Waals surface area contributed by atoms with Gasteiger partial charge in [-0.3, -0.25) is 18.4 Å². The van der Waals surface area contributed by atoms with Crippen molar-refractivity contribution in [1.82, 2.24) is 0 Å². The van der Waals surface area contributed by atoms with E-state index in [0.717, 1.165) is 18.1 Å². The number of aliphatic hydroxyl groups excluding tert-OH is 2. The molecule has 0 aromatic heterocycles. The Morgan fingerprint density at radius 1 is 0.900 bits per heavy atom. The Morgan fingerprint density at radius 2 is 1.30 bits per heavy atom. The van der Waals surface area contributed by atoms with Crippen molar-refractivity contribution in [3.63, 3.8) is 0 Å². The summed E-state index contributed by atoms with van der Waals surface area (Å²) < 4.78 is 45.8. The van der Waals surface area contributed by atoms with Crippen LogP contribution in [0.25, 0.3) is 0 Å². The zero-order valence-corrected chi connectivity index (χ0v) is 19.5. The average Bonchev–Trinajstić information content (AvgIpc) is 2.76. The molecule has 0 aliphatic heterocycles. The van der Waals surface area contributed by atoms with Crippen molar-refractivity contribution in [2.24, 2.45) is 0 Å². The number of phosphoric ester groups is 1. The molecule has 0 amide bonds. The van der Waals surface area contributed by atoms with E-state index in [0.29, 0.717) is 0 Å². The van der Waals surface area contributed by atoms with Gasteiger partial charge in [0.05, 0.1) is 19.8 Å². The Labute approximate surface area is 181 Å². The Balaban J connectivity index is 0.00000141. The van der Waals surface area contributed by atoms with Crippen LogP contribution < -0.4 is 0 Å². The molecule has 166 valence electrons. The van der Waals surface area contributed by atoms with Gasteiger partial charge < -0.3 is 10.2 Å². The van der Waals surface area contributed by atoms with Gasteiger partial charge in [0, 0.05) is 0 Å². The molecule has 30 heavy (non-hydrogen) atoms. The molecule has 11 heteroatoms. The number of hydrogen-bond acceptors (Lipinski definition) is 9. The van der Waals surface area contributed by atoms with Gasteiger partial charge in [-0.05, 0) is 18.1 Å². The molecule has 9 nitrogen and oxygen atoms in total. The van der Waals surface area contributed by atoms with Crippen molar-refractivity contribution in [1.29, 1.82) is 0 Å². The monoisotopic (exact) mass is 618 g/mol. The second-order valence-electron chi connectivity index (χ2n) is 5.94. The van der Waals surface area contributed by atoms with E-state index in [4.69, 9.17) is 20.6 Å². The predicted molar refractivity (Wildman–Crippen MR) is 100 cm³/mol. The molecule has 2 aromatic carbocycles. The quantitative estimate of drug-likeness (QED) is 0.365. The summed E-state index contributed by atoms with van der Waals surface area (Å²) in [4.78, 5) is 11.1. The molecule has 2 rings (SSSR count). The van der Waals surface area contributed by atoms with Gasteiger partial charge in [-0.25, -0.2) is 4.57 Å².